The summed E-state index contributed by atoms with van der Waals surface area (Å²) in [5.41, 5.74) is 8.42. The summed E-state index contributed by atoms with van der Waals surface area (Å²) in [7, 11) is 0. The largest absolute Gasteiger partial charge is 0.396 e. The fourth-order valence-electron chi connectivity index (χ4n) is 2.52. The molecule has 0 fully saturated rings. The Morgan fingerprint density at radius 3 is 2.71 bits per heavy atom. The lowest BCUT2D eigenvalue weighted by molar-refractivity contribution is 0.683. The molecule has 1 aliphatic carbocycles. The van der Waals surface area contributed by atoms with Crippen LogP contribution in [0.1, 0.15) is 28.8 Å². The third kappa shape index (κ3) is 1.38. The van der Waals surface area contributed by atoms with Crippen LogP contribution in [0.4, 0.5) is 5.69 Å². The van der Waals surface area contributed by atoms with Gasteiger partial charge in [0.05, 0.1) is 5.69 Å². The van der Waals surface area contributed by atoms with Gasteiger partial charge in [-0.25, -0.2) is 0 Å². The van der Waals surface area contributed by atoms with Crippen molar-refractivity contribution in [1.82, 2.24) is 4.98 Å². The zero-order valence-corrected chi connectivity index (χ0v) is 9.99. The molecule has 0 aliphatic heterocycles. The summed E-state index contributed by atoms with van der Waals surface area (Å²) in [5.74, 6) is 0. The zero-order chi connectivity index (χ0) is 12.0. The molecule has 1 aliphatic rings. The maximum absolute atomic E-state index is 11.9. The molecule has 0 atom stereocenters. The highest BCUT2D eigenvalue weighted by atomic mass is 32.1. The van der Waals surface area contributed by atoms with Crippen LogP contribution in [0.2, 0.25) is 0 Å². The lowest BCUT2D eigenvalue weighted by atomic mass is 9.91. The van der Waals surface area contributed by atoms with Crippen molar-refractivity contribution in [3.05, 3.63) is 26.4 Å². The van der Waals surface area contributed by atoms with Gasteiger partial charge in [-0.1, -0.05) is 0 Å². The van der Waals surface area contributed by atoms with Gasteiger partial charge in [-0.3, -0.25) is 4.79 Å². The molecule has 2 aromatic rings. The Hall–Kier alpha value is -1.80. The van der Waals surface area contributed by atoms with E-state index in [1.807, 2.05) is 0 Å². The van der Waals surface area contributed by atoms with E-state index in [1.165, 1.54) is 11.3 Å². The average Bonchev–Trinajstić information content (AvgIpc) is 2.66. The summed E-state index contributed by atoms with van der Waals surface area (Å²) in [5, 5.41) is 9.88. The van der Waals surface area contributed by atoms with Gasteiger partial charge in [-0.15, -0.1) is 11.3 Å². The Balaban J connectivity index is 2.47. The zero-order valence-electron chi connectivity index (χ0n) is 9.17. The van der Waals surface area contributed by atoms with E-state index in [0.717, 1.165) is 47.0 Å². The number of pyridine rings is 1. The van der Waals surface area contributed by atoms with Crippen molar-refractivity contribution in [2.24, 2.45) is 0 Å². The predicted octanol–water partition coefficient (Wildman–Crippen LogP) is 1.92. The summed E-state index contributed by atoms with van der Waals surface area (Å²) in [6.07, 6.45) is 3.85. The van der Waals surface area contributed by atoms with E-state index in [9.17, 15) is 4.79 Å². The first kappa shape index (κ1) is 10.4. The number of nitrogens with one attached hydrogen (secondary N) is 1. The van der Waals surface area contributed by atoms with Crippen molar-refractivity contribution < 1.29 is 0 Å². The number of H-pyrrole nitrogens is 1. The maximum Gasteiger partial charge on any atom is 0.252 e. The molecular weight excluding hydrogens is 234 g/mol. The van der Waals surface area contributed by atoms with Gasteiger partial charge >= 0.3 is 0 Å². The number of nitrogen functional groups attached to an aromatic ring is 1. The molecule has 0 amide bonds. The molecule has 5 heteroatoms. The smallest absolute Gasteiger partial charge is 0.252 e. The van der Waals surface area contributed by atoms with Crippen molar-refractivity contribution >= 4 is 27.2 Å². The van der Waals surface area contributed by atoms with Gasteiger partial charge in [0.1, 0.15) is 15.8 Å². The van der Waals surface area contributed by atoms with E-state index in [1.54, 1.807) is 0 Å². The summed E-state index contributed by atoms with van der Waals surface area (Å²) < 4.78 is 0. The first-order chi connectivity index (χ1) is 8.22. The lowest BCUT2D eigenvalue weighted by Crippen LogP contribution is -2.18. The molecule has 0 bridgehead atoms. The van der Waals surface area contributed by atoms with Crippen LogP contribution in [-0.4, -0.2) is 4.98 Å². The number of aromatic nitrogens is 1. The number of nitrogens with zero attached hydrogens (tertiary/aromatic N) is 1. The van der Waals surface area contributed by atoms with E-state index >= 15 is 0 Å². The Morgan fingerprint density at radius 1 is 1.29 bits per heavy atom. The van der Waals surface area contributed by atoms with Crippen LogP contribution in [0.15, 0.2) is 4.79 Å². The van der Waals surface area contributed by atoms with Crippen LogP contribution in [0, 0.1) is 11.3 Å². The van der Waals surface area contributed by atoms with E-state index in [0.29, 0.717) is 10.6 Å². The third-order valence-electron chi connectivity index (χ3n) is 3.32. The topological polar surface area (TPSA) is 82.7 Å². The van der Waals surface area contributed by atoms with Crippen LogP contribution in [-0.2, 0) is 12.8 Å². The minimum Gasteiger partial charge on any atom is -0.396 e. The number of fused-ring (bicyclic) bond motifs is 3. The lowest BCUT2D eigenvalue weighted by Gasteiger charge is -2.15. The van der Waals surface area contributed by atoms with Crippen LogP contribution in [0.3, 0.4) is 0 Å². The van der Waals surface area contributed by atoms with Gasteiger partial charge in [0, 0.05) is 10.9 Å². The average molecular weight is 245 g/mol. The number of aromatic amines is 1. The molecule has 2 aromatic heterocycles. The van der Waals surface area contributed by atoms with Crippen LogP contribution < -0.4 is 11.3 Å². The van der Waals surface area contributed by atoms with Crippen LogP contribution >= 0.6 is 11.3 Å². The number of aryl methyl sites for hydroxylation is 1. The second-order valence-electron chi connectivity index (χ2n) is 4.28. The second-order valence-corrected chi connectivity index (χ2v) is 5.30. The third-order valence-corrected chi connectivity index (χ3v) is 4.34. The summed E-state index contributed by atoms with van der Waals surface area (Å²) in [6.45, 7) is 0. The van der Waals surface area contributed by atoms with Crippen LogP contribution in [0.5, 0.6) is 0 Å². The molecule has 2 heterocycles. The van der Waals surface area contributed by atoms with Gasteiger partial charge in [0.15, 0.2) is 0 Å². The summed E-state index contributed by atoms with van der Waals surface area (Å²) in [4.78, 5) is 16.0. The van der Waals surface area contributed by atoms with E-state index in [4.69, 9.17) is 11.0 Å². The van der Waals surface area contributed by atoms with Crippen molar-refractivity contribution in [2.75, 3.05) is 5.73 Å². The number of thiophene rings is 1. The van der Waals surface area contributed by atoms with Gasteiger partial charge < -0.3 is 10.7 Å². The SMILES string of the molecule is N#Cc1sc2[nH]c(=O)c3c(c2c1N)CCCC3. The normalized spacial score (nSPS) is 14.5. The monoisotopic (exact) mass is 245 g/mol. The molecular formula is C12H11N3OS. The molecule has 17 heavy (non-hydrogen) atoms. The molecule has 0 saturated heterocycles. The fraction of sp³-hybridized carbons (Fsp3) is 0.333. The van der Waals surface area contributed by atoms with E-state index in [2.05, 4.69) is 11.1 Å². The standard InChI is InChI=1S/C12H11N3OS/c13-5-8-10(14)9-6-3-1-2-4-7(6)11(16)15-12(9)17-8/h1-4,14H2,(H,15,16). The van der Waals surface area contributed by atoms with E-state index < -0.39 is 0 Å². The summed E-state index contributed by atoms with van der Waals surface area (Å²) in [6, 6.07) is 2.08. The number of rotatable bonds is 0. The van der Waals surface area contributed by atoms with Gasteiger partial charge in [0.2, 0.25) is 0 Å². The van der Waals surface area contributed by atoms with E-state index in [-0.39, 0.29) is 5.56 Å². The molecule has 4 nitrogen and oxygen atoms in total. The molecule has 3 N–H and O–H groups in total. The minimum absolute atomic E-state index is 0.0158. The Bertz CT molecular complexity index is 705. The maximum atomic E-state index is 11.9. The Kier molecular flexibility index (Phi) is 2.20. The minimum atomic E-state index is -0.0158. The molecule has 0 saturated carbocycles. The van der Waals surface area contributed by atoms with Crippen molar-refractivity contribution in [3.8, 4) is 6.07 Å². The highest BCUT2D eigenvalue weighted by Crippen LogP contribution is 2.36. The number of anilines is 1. The first-order valence-electron chi connectivity index (χ1n) is 5.58. The highest BCUT2D eigenvalue weighted by Gasteiger charge is 2.21. The molecule has 0 aromatic carbocycles. The van der Waals surface area contributed by atoms with Crippen molar-refractivity contribution in [3.63, 3.8) is 0 Å². The second kappa shape index (κ2) is 3.60. The quantitative estimate of drug-likeness (QED) is 0.743. The Morgan fingerprint density at radius 2 is 2.00 bits per heavy atom. The molecule has 0 radical (unpaired) electrons. The van der Waals surface area contributed by atoms with Gasteiger partial charge in [-0.05, 0) is 31.2 Å². The highest BCUT2D eigenvalue weighted by molar-refractivity contribution is 7.19. The van der Waals surface area contributed by atoms with Gasteiger partial charge in [-0.2, -0.15) is 5.26 Å². The fourth-order valence-corrected chi connectivity index (χ4v) is 3.47. The number of hydrogen-bond donors (Lipinski definition) is 2. The summed E-state index contributed by atoms with van der Waals surface area (Å²) >= 11 is 1.27. The first-order valence-corrected chi connectivity index (χ1v) is 6.40. The number of nitrogens with two attached hydrogens (primary N) is 1. The predicted molar refractivity (Wildman–Crippen MR) is 68.2 cm³/mol. The number of nitriles is 1. The molecule has 3 rings (SSSR count). The van der Waals surface area contributed by atoms with Crippen molar-refractivity contribution in [1.29, 1.82) is 5.26 Å². The Labute approximate surface area is 102 Å². The van der Waals surface area contributed by atoms with Crippen molar-refractivity contribution in [2.45, 2.75) is 25.7 Å². The van der Waals surface area contributed by atoms with Gasteiger partial charge in [0.25, 0.3) is 5.56 Å². The molecule has 86 valence electrons. The number of hydrogen-bond acceptors (Lipinski definition) is 4. The molecule has 0 unspecified atom stereocenters. The van der Waals surface area contributed by atoms with Crippen LogP contribution in [0.25, 0.3) is 10.2 Å². The molecule has 0 spiro atoms.